The molecular formula is C8H7Cl2NO2. The highest BCUT2D eigenvalue weighted by Crippen LogP contribution is 2.20. The molecule has 0 aliphatic heterocycles. The van der Waals surface area contributed by atoms with Crippen molar-refractivity contribution >= 4 is 29.5 Å². The third-order valence-corrected chi connectivity index (χ3v) is 1.80. The van der Waals surface area contributed by atoms with Crippen LogP contribution >= 0.6 is 23.6 Å². The van der Waals surface area contributed by atoms with Crippen LogP contribution in [0.3, 0.4) is 0 Å². The smallest absolute Gasteiger partial charge is 0.287 e. The average molecular weight is 220 g/mol. The highest BCUT2D eigenvalue weighted by molar-refractivity contribution is 6.43. The van der Waals surface area contributed by atoms with Crippen LogP contribution in [0.25, 0.3) is 0 Å². The molecule has 1 rings (SSSR count). The number of carbonyl (C=O) groups excluding carboxylic acids is 1. The second kappa shape index (κ2) is 4.35. The maximum atomic E-state index is 11.3. The standard InChI is InChI=1S/C8H7Cl2NO2/c1-13-7-5-3-2-4-6(7)8(12)11(9)10/h2-5H,1H3. The summed E-state index contributed by atoms with van der Waals surface area (Å²) in [7, 11) is 1.47. The van der Waals surface area contributed by atoms with Gasteiger partial charge in [-0.3, -0.25) is 4.79 Å². The van der Waals surface area contributed by atoms with Crippen molar-refractivity contribution in [2.45, 2.75) is 0 Å². The summed E-state index contributed by atoms with van der Waals surface area (Å²) in [5.41, 5.74) is 0.329. The summed E-state index contributed by atoms with van der Waals surface area (Å²) >= 11 is 10.6. The van der Waals surface area contributed by atoms with Crippen molar-refractivity contribution in [3.63, 3.8) is 0 Å². The van der Waals surface area contributed by atoms with Gasteiger partial charge in [0, 0.05) is 23.6 Å². The molecule has 0 atom stereocenters. The van der Waals surface area contributed by atoms with Crippen LogP contribution in [0, 0.1) is 0 Å². The second-order valence-corrected chi connectivity index (χ2v) is 3.09. The van der Waals surface area contributed by atoms with Crippen LogP contribution in [-0.4, -0.2) is 17.0 Å². The Labute approximate surface area is 86.0 Å². The van der Waals surface area contributed by atoms with E-state index >= 15 is 0 Å². The first-order chi connectivity index (χ1) is 6.16. The highest BCUT2D eigenvalue weighted by atomic mass is 35.5. The van der Waals surface area contributed by atoms with E-state index in [1.807, 2.05) is 0 Å². The molecule has 13 heavy (non-hydrogen) atoms. The third kappa shape index (κ3) is 2.26. The number of benzene rings is 1. The molecule has 1 aromatic carbocycles. The largest absolute Gasteiger partial charge is 0.496 e. The lowest BCUT2D eigenvalue weighted by Crippen LogP contribution is -2.12. The molecular weight excluding hydrogens is 213 g/mol. The number of carbonyl (C=O) groups is 1. The molecule has 0 bridgehead atoms. The molecule has 0 unspecified atom stereocenters. The number of nitrogens with zero attached hydrogens (tertiary/aromatic N) is 1. The summed E-state index contributed by atoms with van der Waals surface area (Å²) in [6.45, 7) is 0. The number of ether oxygens (including phenoxy) is 1. The van der Waals surface area contributed by atoms with Crippen LogP contribution < -0.4 is 4.74 Å². The number of amides is 1. The van der Waals surface area contributed by atoms with Crippen molar-refractivity contribution in [2.24, 2.45) is 0 Å². The third-order valence-electron chi connectivity index (χ3n) is 1.49. The van der Waals surface area contributed by atoms with Gasteiger partial charge in [-0.05, 0) is 12.1 Å². The summed E-state index contributed by atoms with van der Waals surface area (Å²) in [5.74, 6) is -0.0698. The molecule has 3 nitrogen and oxygen atoms in total. The SMILES string of the molecule is COc1ccccc1C(=O)N(Cl)Cl. The number of methoxy groups -OCH3 is 1. The predicted octanol–water partition coefficient (Wildman–Crippen LogP) is 2.45. The molecule has 0 aromatic heterocycles. The minimum absolute atomic E-state index is 0.329. The number of rotatable bonds is 2. The Morgan fingerprint density at radius 1 is 1.38 bits per heavy atom. The van der Waals surface area contributed by atoms with Crippen LogP contribution in [0.2, 0.25) is 0 Å². The lowest BCUT2D eigenvalue weighted by Gasteiger charge is -2.08. The first kappa shape index (κ1) is 10.2. The van der Waals surface area contributed by atoms with Gasteiger partial charge in [0.05, 0.1) is 12.7 Å². The minimum atomic E-state index is -0.513. The molecule has 0 N–H and O–H groups in total. The van der Waals surface area contributed by atoms with Crippen LogP contribution in [0.15, 0.2) is 24.3 Å². The average Bonchev–Trinajstić information content (AvgIpc) is 2.16. The molecule has 1 aromatic rings. The molecule has 0 aliphatic rings. The van der Waals surface area contributed by atoms with Gasteiger partial charge in [0.2, 0.25) is 0 Å². The topological polar surface area (TPSA) is 29.5 Å². The van der Waals surface area contributed by atoms with Crippen LogP contribution in [0.1, 0.15) is 10.4 Å². The minimum Gasteiger partial charge on any atom is -0.496 e. The fourth-order valence-electron chi connectivity index (χ4n) is 0.912. The first-order valence-electron chi connectivity index (χ1n) is 3.46. The zero-order valence-corrected chi connectivity index (χ0v) is 8.34. The summed E-state index contributed by atoms with van der Waals surface area (Å²) < 4.78 is 5.42. The predicted molar refractivity (Wildman–Crippen MR) is 50.9 cm³/mol. The molecule has 0 fully saturated rings. The van der Waals surface area contributed by atoms with Gasteiger partial charge in [0.15, 0.2) is 0 Å². The fraction of sp³-hybridized carbons (Fsp3) is 0.125. The number of hydrogen-bond acceptors (Lipinski definition) is 2. The Morgan fingerprint density at radius 2 is 2.00 bits per heavy atom. The van der Waals surface area contributed by atoms with Crippen molar-refractivity contribution in [3.05, 3.63) is 29.8 Å². The number of hydrogen-bond donors (Lipinski definition) is 0. The molecule has 0 saturated heterocycles. The molecule has 0 aliphatic carbocycles. The maximum absolute atomic E-state index is 11.3. The number of halogens is 2. The lowest BCUT2D eigenvalue weighted by atomic mass is 10.2. The summed E-state index contributed by atoms with van der Waals surface area (Å²) in [6, 6.07) is 6.69. The van der Waals surface area contributed by atoms with Gasteiger partial charge in [-0.2, -0.15) is 3.94 Å². The van der Waals surface area contributed by atoms with Crippen molar-refractivity contribution in [1.82, 2.24) is 3.94 Å². The van der Waals surface area contributed by atoms with Gasteiger partial charge in [-0.15, -0.1) is 0 Å². The van der Waals surface area contributed by atoms with Crippen LogP contribution in [-0.2, 0) is 0 Å². The van der Waals surface area contributed by atoms with Crippen molar-refractivity contribution in [3.8, 4) is 5.75 Å². The quantitative estimate of drug-likeness (QED) is 0.716. The van der Waals surface area contributed by atoms with Crippen LogP contribution in [0.4, 0.5) is 0 Å². The molecule has 1 amide bonds. The maximum Gasteiger partial charge on any atom is 0.287 e. The van der Waals surface area contributed by atoms with E-state index in [1.54, 1.807) is 24.3 Å². The molecule has 70 valence electrons. The number of para-hydroxylation sites is 1. The zero-order chi connectivity index (χ0) is 9.84. The van der Waals surface area contributed by atoms with Crippen LogP contribution in [0.5, 0.6) is 5.75 Å². The fourth-order valence-corrected chi connectivity index (χ4v) is 1.09. The van der Waals surface area contributed by atoms with Gasteiger partial charge < -0.3 is 4.74 Å². The molecule has 0 spiro atoms. The second-order valence-electron chi connectivity index (χ2n) is 2.24. The molecule has 5 heteroatoms. The van der Waals surface area contributed by atoms with Gasteiger partial charge >= 0.3 is 0 Å². The summed E-state index contributed by atoms with van der Waals surface area (Å²) in [5, 5.41) is 0. The van der Waals surface area contributed by atoms with E-state index in [4.69, 9.17) is 28.3 Å². The monoisotopic (exact) mass is 219 g/mol. The van der Waals surface area contributed by atoms with Gasteiger partial charge in [-0.25, -0.2) is 0 Å². The Bertz CT molecular complexity index is 315. The van der Waals surface area contributed by atoms with Crippen molar-refractivity contribution in [1.29, 1.82) is 0 Å². The van der Waals surface area contributed by atoms with Crippen molar-refractivity contribution in [2.75, 3.05) is 7.11 Å². The van der Waals surface area contributed by atoms with E-state index in [0.717, 1.165) is 0 Å². The molecule has 0 saturated carbocycles. The van der Waals surface area contributed by atoms with Crippen molar-refractivity contribution < 1.29 is 9.53 Å². The first-order valence-corrected chi connectivity index (χ1v) is 4.13. The van der Waals surface area contributed by atoms with E-state index in [-0.39, 0.29) is 0 Å². The molecule has 0 heterocycles. The van der Waals surface area contributed by atoms with E-state index in [2.05, 4.69) is 0 Å². The normalized spacial score (nSPS) is 9.46. The van der Waals surface area contributed by atoms with E-state index in [0.29, 0.717) is 15.3 Å². The summed E-state index contributed by atoms with van der Waals surface area (Å²) in [6.07, 6.45) is 0. The Balaban J connectivity index is 3.06. The van der Waals surface area contributed by atoms with E-state index < -0.39 is 5.91 Å². The molecule has 0 radical (unpaired) electrons. The Hall–Kier alpha value is -0.930. The Kier molecular flexibility index (Phi) is 3.39. The summed E-state index contributed by atoms with van der Waals surface area (Å²) in [4.78, 5) is 11.3. The lowest BCUT2D eigenvalue weighted by molar-refractivity contribution is 0.0921. The van der Waals surface area contributed by atoms with E-state index in [9.17, 15) is 4.79 Å². The Morgan fingerprint density at radius 3 is 2.54 bits per heavy atom. The van der Waals surface area contributed by atoms with Gasteiger partial charge in [0.1, 0.15) is 5.75 Å². The van der Waals surface area contributed by atoms with Gasteiger partial charge in [-0.1, -0.05) is 12.1 Å². The highest BCUT2D eigenvalue weighted by Gasteiger charge is 2.15. The van der Waals surface area contributed by atoms with Gasteiger partial charge in [0.25, 0.3) is 5.91 Å². The van der Waals surface area contributed by atoms with E-state index in [1.165, 1.54) is 7.11 Å². The zero-order valence-electron chi connectivity index (χ0n) is 6.83.